The molecule has 1 aromatic rings. The van der Waals surface area contributed by atoms with E-state index in [-0.39, 0.29) is 5.91 Å². The summed E-state index contributed by atoms with van der Waals surface area (Å²) in [5, 5.41) is 2.94. The van der Waals surface area contributed by atoms with Gasteiger partial charge in [-0.2, -0.15) is 0 Å². The number of amides is 1. The molecule has 6 heteroatoms. The average Bonchev–Trinajstić information content (AvgIpc) is 2.70. The normalized spacial score (nSPS) is 16.8. The number of aromatic nitrogens is 1. The van der Waals surface area contributed by atoms with Crippen LogP contribution in [0.25, 0.3) is 0 Å². The maximum Gasteiger partial charge on any atom is 0.267 e. The minimum Gasteiger partial charge on any atom is -0.379 e. The molecule has 100 valence electrons. The molecule has 1 saturated heterocycles. The number of hydrogen-bond acceptors (Lipinski definition) is 3. The second kappa shape index (κ2) is 6.36. The maximum absolute atomic E-state index is 11.9. The molecule has 0 saturated carbocycles. The van der Waals surface area contributed by atoms with Gasteiger partial charge >= 0.3 is 0 Å². The molecule has 0 bridgehead atoms. The molecule has 1 N–H and O–H groups in total. The molecule has 0 aromatic carbocycles. The lowest BCUT2D eigenvalue weighted by Crippen LogP contribution is -2.41. The van der Waals surface area contributed by atoms with Crippen LogP contribution in [0.15, 0.2) is 16.7 Å². The highest BCUT2D eigenvalue weighted by molar-refractivity contribution is 9.10. The summed E-state index contributed by atoms with van der Waals surface area (Å²) in [5.41, 5.74) is 0.670. The summed E-state index contributed by atoms with van der Waals surface area (Å²) in [5.74, 6) is -0.0311. The zero-order valence-electron chi connectivity index (χ0n) is 10.5. The molecule has 18 heavy (non-hydrogen) atoms. The van der Waals surface area contributed by atoms with Crippen molar-refractivity contribution in [3.63, 3.8) is 0 Å². The summed E-state index contributed by atoms with van der Waals surface area (Å²) in [6, 6.07) is 1.82. The Labute approximate surface area is 115 Å². The van der Waals surface area contributed by atoms with Crippen LogP contribution in [0.1, 0.15) is 10.5 Å². The molecule has 5 nitrogen and oxygen atoms in total. The topological polar surface area (TPSA) is 46.5 Å². The fourth-order valence-electron chi connectivity index (χ4n) is 1.99. The summed E-state index contributed by atoms with van der Waals surface area (Å²) < 4.78 is 8.01. The highest BCUT2D eigenvalue weighted by Gasteiger charge is 2.12. The Balaban J connectivity index is 1.76. The van der Waals surface area contributed by atoms with E-state index in [0.29, 0.717) is 12.2 Å². The average molecular weight is 316 g/mol. The predicted octanol–water partition coefficient (Wildman–Crippen LogP) is 0.850. The molecule has 2 heterocycles. The number of carbonyl (C=O) groups is 1. The number of ether oxygens (including phenoxy) is 1. The molecule has 1 aromatic heterocycles. The van der Waals surface area contributed by atoms with Crippen LogP contribution in [-0.4, -0.2) is 54.8 Å². The van der Waals surface area contributed by atoms with E-state index >= 15 is 0 Å². The highest BCUT2D eigenvalue weighted by atomic mass is 79.9. The van der Waals surface area contributed by atoms with Crippen molar-refractivity contribution in [2.24, 2.45) is 7.05 Å². The summed E-state index contributed by atoms with van der Waals surface area (Å²) in [4.78, 5) is 14.2. The third kappa shape index (κ3) is 3.57. The predicted molar refractivity (Wildman–Crippen MR) is 72.7 cm³/mol. The first kappa shape index (κ1) is 13.6. The van der Waals surface area contributed by atoms with E-state index in [1.54, 1.807) is 0 Å². The van der Waals surface area contributed by atoms with Crippen molar-refractivity contribution in [2.75, 3.05) is 39.4 Å². The van der Waals surface area contributed by atoms with Gasteiger partial charge in [0.2, 0.25) is 0 Å². The third-order valence-corrected chi connectivity index (χ3v) is 3.46. The number of halogens is 1. The van der Waals surface area contributed by atoms with Crippen molar-refractivity contribution in [2.45, 2.75) is 0 Å². The SMILES string of the molecule is Cn1cc(Br)cc1C(=O)NCCN1CCOCC1. The van der Waals surface area contributed by atoms with Crippen LogP contribution >= 0.6 is 15.9 Å². The van der Waals surface area contributed by atoms with Crippen molar-refractivity contribution in [1.29, 1.82) is 0 Å². The molecule has 1 aliphatic heterocycles. The van der Waals surface area contributed by atoms with Gasteiger partial charge in [-0.3, -0.25) is 9.69 Å². The minimum atomic E-state index is -0.0311. The van der Waals surface area contributed by atoms with E-state index in [1.807, 2.05) is 23.9 Å². The highest BCUT2D eigenvalue weighted by Crippen LogP contribution is 2.13. The summed E-state index contributed by atoms with van der Waals surface area (Å²) >= 11 is 3.36. The lowest BCUT2D eigenvalue weighted by molar-refractivity contribution is 0.0383. The van der Waals surface area contributed by atoms with Crippen molar-refractivity contribution in [3.05, 3.63) is 22.4 Å². The van der Waals surface area contributed by atoms with E-state index in [4.69, 9.17) is 4.74 Å². The summed E-state index contributed by atoms with van der Waals surface area (Å²) in [6.45, 7) is 5.02. The van der Waals surface area contributed by atoms with Crippen molar-refractivity contribution in [3.8, 4) is 0 Å². The van der Waals surface area contributed by atoms with Gasteiger partial charge < -0.3 is 14.6 Å². The summed E-state index contributed by atoms with van der Waals surface area (Å²) in [7, 11) is 1.86. The van der Waals surface area contributed by atoms with E-state index < -0.39 is 0 Å². The molecular weight excluding hydrogens is 298 g/mol. The molecule has 0 spiro atoms. The van der Waals surface area contributed by atoms with Crippen LogP contribution in [0.4, 0.5) is 0 Å². The lowest BCUT2D eigenvalue weighted by Gasteiger charge is -2.26. The number of hydrogen-bond donors (Lipinski definition) is 1. The Bertz CT molecular complexity index is 413. The van der Waals surface area contributed by atoms with E-state index in [9.17, 15) is 4.79 Å². The lowest BCUT2D eigenvalue weighted by atomic mass is 10.3. The first-order valence-corrected chi connectivity index (χ1v) is 6.86. The van der Waals surface area contributed by atoms with Crippen LogP contribution in [0.2, 0.25) is 0 Å². The Kier molecular flexibility index (Phi) is 4.79. The molecule has 0 atom stereocenters. The second-order valence-corrected chi connectivity index (χ2v) is 5.28. The number of carbonyl (C=O) groups excluding carboxylic acids is 1. The number of nitrogens with one attached hydrogen (secondary N) is 1. The molecule has 1 amide bonds. The second-order valence-electron chi connectivity index (χ2n) is 4.36. The smallest absolute Gasteiger partial charge is 0.267 e. The fourth-order valence-corrected chi connectivity index (χ4v) is 2.52. The van der Waals surface area contributed by atoms with Gasteiger partial charge in [0, 0.05) is 43.9 Å². The Morgan fingerprint density at radius 3 is 2.83 bits per heavy atom. The molecular formula is C12H18BrN3O2. The van der Waals surface area contributed by atoms with Crippen LogP contribution in [0.5, 0.6) is 0 Å². The maximum atomic E-state index is 11.9. The van der Waals surface area contributed by atoms with Crippen molar-refractivity contribution >= 4 is 21.8 Å². The standard InChI is InChI=1S/C12H18BrN3O2/c1-15-9-10(13)8-11(15)12(17)14-2-3-16-4-6-18-7-5-16/h8-9H,2-7H2,1H3,(H,14,17). The van der Waals surface area contributed by atoms with Crippen molar-refractivity contribution < 1.29 is 9.53 Å². The quantitative estimate of drug-likeness (QED) is 0.896. The van der Waals surface area contributed by atoms with Crippen LogP contribution < -0.4 is 5.32 Å². The van der Waals surface area contributed by atoms with Crippen molar-refractivity contribution in [1.82, 2.24) is 14.8 Å². The fraction of sp³-hybridized carbons (Fsp3) is 0.583. The van der Waals surface area contributed by atoms with E-state index in [2.05, 4.69) is 26.1 Å². The zero-order chi connectivity index (χ0) is 13.0. The van der Waals surface area contributed by atoms with Gasteiger partial charge in [0.15, 0.2) is 0 Å². The Hall–Kier alpha value is -0.850. The largest absolute Gasteiger partial charge is 0.379 e. The van der Waals surface area contributed by atoms with Crippen LogP contribution in [0.3, 0.4) is 0 Å². The van der Waals surface area contributed by atoms with Gasteiger partial charge in [-0.05, 0) is 22.0 Å². The van der Waals surface area contributed by atoms with Crippen LogP contribution in [-0.2, 0) is 11.8 Å². The number of aryl methyl sites for hydroxylation is 1. The molecule has 1 fully saturated rings. The zero-order valence-corrected chi connectivity index (χ0v) is 12.1. The molecule has 0 unspecified atom stereocenters. The van der Waals surface area contributed by atoms with Gasteiger partial charge in [-0.25, -0.2) is 0 Å². The van der Waals surface area contributed by atoms with Gasteiger partial charge in [0.1, 0.15) is 5.69 Å². The number of nitrogens with zero attached hydrogens (tertiary/aromatic N) is 2. The van der Waals surface area contributed by atoms with Gasteiger partial charge in [-0.1, -0.05) is 0 Å². The Morgan fingerprint density at radius 1 is 1.50 bits per heavy atom. The molecule has 0 radical (unpaired) electrons. The Morgan fingerprint density at radius 2 is 2.22 bits per heavy atom. The van der Waals surface area contributed by atoms with Crippen LogP contribution in [0, 0.1) is 0 Å². The van der Waals surface area contributed by atoms with E-state index in [0.717, 1.165) is 37.3 Å². The third-order valence-electron chi connectivity index (χ3n) is 3.02. The summed E-state index contributed by atoms with van der Waals surface area (Å²) in [6.07, 6.45) is 1.87. The monoisotopic (exact) mass is 315 g/mol. The van der Waals surface area contributed by atoms with Gasteiger partial charge in [0.25, 0.3) is 5.91 Å². The van der Waals surface area contributed by atoms with E-state index in [1.165, 1.54) is 0 Å². The molecule has 1 aliphatic rings. The first-order valence-electron chi connectivity index (χ1n) is 6.07. The number of rotatable bonds is 4. The van der Waals surface area contributed by atoms with Gasteiger partial charge in [0.05, 0.1) is 13.2 Å². The first-order chi connectivity index (χ1) is 8.66. The minimum absolute atomic E-state index is 0.0311. The number of morpholine rings is 1. The molecule has 2 rings (SSSR count). The van der Waals surface area contributed by atoms with Gasteiger partial charge in [-0.15, -0.1) is 0 Å². The molecule has 0 aliphatic carbocycles.